The molecule has 4 nitrogen and oxygen atoms in total. The molecular formula is C11H5BrN4S2. The van der Waals surface area contributed by atoms with E-state index >= 15 is 0 Å². The van der Waals surface area contributed by atoms with Crippen molar-refractivity contribution in [3.05, 3.63) is 34.4 Å². The van der Waals surface area contributed by atoms with Crippen LogP contribution < -0.4 is 0 Å². The summed E-state index contributed by atoms with van der Waals surface area (Å²) in [4.78, 5) is 10.00. The molecule has 0 amide bonds. The van der Waals surface area contributed by atoms with E-state index in [1.807, 2.05) is 24.4 Å². The van der Waals surface area contributed by atoms with E-state index in [4.69, 9.17) is 0 Å². The van der Waals surface area contributed by atoms with Crippen molar-refractivity contribution < 1.29 is 0 Å². The number of nitrogens with zero attached hydrogens (tertiary/aromatic N) is 4. The van der Waals surface area contributed by atoms with Crippen LogP contribution in [0.3, 0.4) is 0 Å². The predicted molar refractivity (Wildman–Crippen MR) is 77.2 cm³/mol. The molecule has 0 aliphatic heterocycles. The molecule has 4 rings (SSSR count). The van der Waals surface area contributed by atoms with Gasteiger partial charge in [-0.05, 0) is 28.1 Å². The Morgan fingerprint density at radius 3 is 2.83 bits per heavy atom. The summed E-state index contributed by atoms with van der Waals surface area (Å²) in [6.07, 6.45) is 1.91. The topological polar surface area (TPSA) is 43.1 Å². The minimum Gasteiger partial charge on any atom is -0.234 e. The van der Waals surface area contributed by atoms with E-state index in [-0.39, 0.29) is 0 Å². The molecule has 0 spiro atoms. The van der Waals surface area contributed by atoms with Crippen molar-refractivity contribution >= 4 is 53.8 Å². The zero-order valence-corrected chi connectivity index (χ0v) is 12.1. The highest BCUT2D eigenvalue weighted by Gasteiger charge is 2.12. The molecule has 7 heteroatoms. The zero-order valence-electron chi connectivity index (χ0n) is 8.87. The van der Waals surface area contributed by atoms with Gasteiger partial charge in [0.05, 0.1) is 16.4 Å². The minimum absolute atomic E-state index is 0.834. The van der Waals surface area contributed by atoms with Gasteiger partial charge in [-0.1, -0.05) is 23.5 Å². The van der Waals surface area contributed by atoms with Gasteiger partial charge in [-0.15, -0.1) is 16.4 Å². The van der Waals surface area contributed by atoms with Gasteiger partial charge in [0.25, 0.3) is 0 Å². The predicted octanol–water partition coefficient (Wildman–Crippen LogP) is 3.83. The van der Waals surface area contributed by atoms with Crippen LogP contribution in [0.25, 0.3) is 25.9 Å². The fraction of sp³-hybridized carbons (Fsp3) is 0. The van der Waals surface area contributed by atoms with E-state index in [0.29, 0.717) is 0 Å². The van der Waals surface area contributed by atoms with Gasteiger partial charge in [-0.2, -0.15) is 0 Å². The van der Waals surface area contributed by atoms with E-state index in [1.165, 1.54) is 16.0 Å². The summed E-state index contributed by atoms with van der Waals surface area (Å²) in [6.45, 7) is 0. The van der Waals surface area contributed by atoms with Crippen LogP contribution in [-0.2, 0) is 0 Å². The van der Waals surface area contributed by atoms with Crippen LogP contribution in [0, 0.1) is 0 Å². The molecule has 0 fully saturated rings. The first-order valence-corrected chi connectivity index (χ1v) is 7.60. The Balaban J connectivity index is 1.92. The molecule has 88 valence electrons. The van der Waals surface area contributed by atoms with E-state index in [1.54, 1.807) is 15.9 Å². The standard InChI is InChI=1S/C11H5BrN4S2/c12-10-15-16-5-7(14-11(16)18-10)9-13-6-3-1-2-4-8(6)17-9/h1-5H. The quantitative estimate of drug-likeness (QED) is 0.530. The second-order valence-corrected chi connectivity index (χ2v) is 6.96. The fourth-order valence-electron chi connectivity index (χ4n) is 1.76. The van der Waals surface area contributed by atoms with Crippen LogP contribution >= 0.6 is 38.6 Å². The van der Waals surface area contributed by atoms with E-state index < -0.39 is 0 Å². The third kappa shape index (κ3) is 1.58. The van der Waals surface area contributed by atoms with Crippen molar-refractivity contribution in [1.29, 1.82) is 0 Å². The van der Waals surface area contributed by atoms with Gasteiger partial charge in [0.1, 0.15) is 10.7 Å². The molecule has 4 aromatic rings. The summed E-state index contributed by atoms with van der Waals surface area (Å²) in [6, 6.07) is 8.11. The van der Waals surface area contributed by atoms with Crippen LogP contribution in [0.1, 0.15) is 0 Å². The molecule has 3 aromatic heterocycles. The molecule has 0 aliphatic rings. The molecule has 0 radical (unpaired) electrons. The Morgan fingerprint density at radius 1 is 1.11 bits per heavy atom. The Labute approximate surface area is 118 Å². The lowest BCUT2D eigenvalue weighted by molar-refractivity contribution is 0.959. The molecule has 0 bridgehead atoms. The lowest BCUT2D eigenvalue weighted by Crippen LogP contribution is -1.78. The van der Waals surface area contributed by atoms with Gasteiger partial charge in [0.2, 0.25) is 4.96 Å². The summed E-state index contributed by atoms with van der Waals surface area (Å²) in [5, 5.41) is 5.21. The van der Waals surface area contributed by atoms with Gasteiger partial charge in [0.15, 0.2) is 3.92 Å². The number of imidazole rings is 1. The van der Waals surface area contributed by atoms with Crippen LogP contribution in [0.2, 0.25) is 0 Å². The molecule has 3 heterocycles. The van der Waals surface area contributed by atoms with Crippen LogP contribution in [-0.4, -0.2) is 19.6 Å². The van der Waals surface area contributed by atoms with Crippen molar-refractivity contribution in [3.8, 4) is 10.7 Å². The normalized spacial score (nSPS) is 11.6. The summed E-state index contributed by atoms with van der Waals surface area (Å²) in [5.41, 5.74) is 1.89. The van der Waals surface area contributed by atoms with Crippen LogP contribution in [0.5, 0.6) is 0 Å². The number of fused-ring (bicyclic) bond motifs is 2. The highest BCUT2D eigenvalue weighted by molar-refractivity contribution is 9.11. The van der Waals surface area contributed by atoms with Crippen molar-refractivity contribution in [2.75, 3.05) is 0 Å². The monoisotopic (exact) mass is 336 g/mol. The van der Waals surface area contributed by atoms with E-state index in [0.717, 1.165) is 25.1 Å². The number of aromatic nitrogens is 4. The number of benzene rings is 1. The Hall–Kier alpha value is -1.31. The van der Waals surface area contributed by atoms with Crippen molar-refractivity contribution in [2.45, 2.75) is 0 Å². The number of hydrogen-bond donors (Lipinski definition) is 0. The molecular weight excluding hydrogens is 332 g/mol. The smallest absolute Gasteiger partial charge is 0.213 e. The summed E-state index contributed by atoms with van der Waals surface area (Å²) in [5.74, 6) is 0. The number of thiazole rings is 1. The first kappa shape index (κ1) is 10.6. The lowest BCUT2D eigenvalue weighted by atomic mass is 10.3. The molecule has 0 atom stereocenters. The summed E-state index contributed by atoms with van der Waals surface area (Å²) in [7, 11) is 0. The maximum atomic E-state index is 4.59. The Morgan fingerprint density at radius 2 is 2.00 bits per heavy atom. The molecule has 0 unspecified atom stereocenters. The first-order valence-electron chi connectivity index (χ1n) is 5.17. The van der Waals surface area contributed by atoms with Crippen molar-refractivity contribution in [1.82, 2.24) is 19.6 Å². The van der Waals surface area contributed by atoms with E-state index in [9.17, 15) is 0 Å². The molecule has 0 saturated carbocycles. The molecule has 18 heavy (non-hydrogen) atoms. The second kappa shape index (κ2) is 3.84. The van der Waals surface area contributed by atoms with Crippen molar-refractivity contribution in [2.24, 2.45) is 0 Å². The lowest BCUT2D eigenvalue weighted by Gasteiger charge is -1.84. The maximum Gasteiger partial charge on any atom is 0.213 e. The second-order valence-electron chi connectivity index (χ2n) is 3.70. The molecule has 0 aliphatic carbocycles. The highest BCUT2D eigenvalue weighted by Crippen LogP contribution is 2.30. The van der Waals surface area contributed by atoms with Crippen LogP contribution in [0.4, 0.5) is 0 Å². The SMILES string of the molecule is Brc1nn2cc(-c3nc4ccccc4s3)nc2s1. The number of hydrogen-bond acceptors (Lipinski definition) is 5. The maximum absolute atomic E-state index is 4.59. The Bertz CT molecular complexity index is 796. The van der Waals surface area contributed by atoms with Gasteiger partial charge in [-0.3, -0.25) is 0 Å². The largest absolute Gasteiger partial charge is 0.234 e. The van der Waals surface area contributed by atoms with Crippen molar-refractivity contribution in [3.63, 3.8) is 0 Å². The average molecular weight is 337 g/mol. The van der Waals surface area contributed by atoms with Gasteiger partial charge >= 0.3 is 0 Å². The zero-order chi connectivity index (χ0) is 12.1. The highest BCUT2D eigenvalue weighted by atomic mass is 79.9. The van der Waals surface area contributed by atoms with E-state index in [2.05, 4.69) is 37.1 Å². The fourth-order valence-corrected chi connectivity index (χ4v) is 3.90. The van der Waals surface area contributed by atoms with Crippen LogP contribution in [0.15, 0.2) is 34.4 Å². The molecule has 1 aromatic carbocycles. The average Bonchev–Trinajstić information content (AvgIpc) is 2.98. The summed E-state index contributed by atoms with van der Waals surface area (Å²) >= 11 is 6.51. The molecule has 0 saturated heterocycles. The molecule has 0 N–H and O–H groups in total. The number of halogens is 1. The minimum atomic E-state index is 0.834. The van der Waals surface area contributed by atoms with Gasteiger partial charge in [-0.25, -0.2) is 14.5 Å². The summed E-state index contributed by atoms with van der Waals surface area (Å²) < 4.78 is 3.79. The third-order valence-corrected chi connectivity index (χ3v) is 4.95. The third-order valence-electron chi connectivity index (χ3n) is 2.53. The first-order chi connectivity index (χ1) is 8.79. The number of rotatable bonds is 1. The van der Waals surface area contributed by atoms with Gasteiger partial charge in [0, 0.05) is 0 Å². The van der Waals surface area contributed by atoms with Gasteiger partial charge < -0.3 is 0 Å². The number of para-hydroxylation sites is 1. The Kier molecular flexibility index (Phi) is 2.26.